The van der Waals surface area contributed by atoms with E-state index in [-0.39, 0.29) is 5.78 Å². The third-order valence-corrected chi connectivity index (χ3v) is 3.66. The molecule has 0 saturated heterocycles. The Morgan fingerprint density at radius 2 is 1.55 bits per heavy atom. The molecule has 2 aromatic rings. The van der Waals surface area contributed by atoms with E-state index in [2.05, 4.69) is 15.9 Å². The van der Waals surface area contributed by atoms with Gasteiger partial charge < -0.3 is 9.47 Å². The van der Waals surface area contributed by atoms with Crippen LogP contribution in [0.3, 0.4) is 0 Å². The highest BCUT2D eigenvalue weighted by Gasteiger charge is 2.12. The summed E-state index contributed by atoms with van der Waals surface area (Å²) in [5, 5.41) is 0.776. The summed E-state index contributed by atoms with van der Waals surface area (Å²) in [4.78, 5) is 12.4. The number of ketones is 1. The second-order valence-corrected chi connectivity index (χ2v) is 4.79. The molecule has 0 unspecified atom stereocenters. The molecule has 0 bridgehead atoms. The zero-order chi connectivity index (χ0) is 14.5. The van der Waals surface area contributed by atoms with Crippen molar-refractivity contribution in [3.8, 4) is 11.5 Å². The van der Waals surface area contributed by atoms with Crippen LogP contribution in [0.2, 0.25) is 0 Å². The predicted octanol–water partition coefficient (Wildman–Crippen LogP) is 3.83. The van der Waals surface area contributed by atoms with E-state index < -0.39 is 0 Å². The fraction of sp³-hybridized carbons (Fsp3) is 0.188. The molecule has 2 rings (SSSR count). The van der Waals surface area contributed by atoms with Crippen LogP contribution >= 0.6 is 15.9 Å². The van der Waals surface area contributed by atoms with Gasteiger partial charge in [-0.05, 0) is 23.8 Å². The van der Waals surface area contributed by atoms with Gasteiger partial charge in [0.2, 0.25) is 0 Å². The van der Waals surface area contributed by atoms with E-state index in [1.54, 1.807) is 32.4 Å². The van der Waals surface area contributed by atoms with Crippen molar-refractivity contribution in [2.75, 3.05) is 14.2 Å². The average Bonchev–Trinajstić information content (AvgIpc) is 2.53. The Bertz CT molecular complexity index is 606. The second kappa shape index (κ2) is 6.57. The number of hydrogen-bond acceptors (Lipinski definition) is 3. The minimum Gasteiger partial charge on any atom is -0.493 e. The van der Waals surface area contributed by atoms with Crippen LogP contribution in [0, 0.1) is 0 Å². The summed E-state index contributed by atoms with van der Waals surface area (Å²) in [5.74, 6) is 1.13. The monoisotopic (exact) mass is 334 g/mol. The average molecular weight is 335 g/mol. The molecule has 104 valence electrons. The standard InChI is InChI=1S/C16H15BrO3/c1-19-14-8-7-13(9-15(14)20-2)16(18)12-5-3-11(10-17)4-6-12/h3-9H,10H2,1-2H3. The van der Waals surface area contributed by atoms with Gasteiger partial charge in [-0.2, -0.15) is 0 Å². The lowest BCUT2D eigenvalue weighted by Crippen LogP contribution is -2.02. The van der Waals surface area contributed by atoms with Gasteiger partial charge in [-0.3, -0.25) is 4.79 Å². The summed E-state index contributed by atoms with van der Waals surface area (Å²) in [6.07, 6.45) is 0. The molecule has 0 fully saturated rings. The van der Waals surface area contributed by atoms with Crippen molar-refractivity contribution in [2.45, 2.75) is 5.33 Å². The maximum absolute atomic E-state index is 12.4. The summed E-state index contributed by atoms with van der Waals surface area (Å²) in [5.41, 5.74) is 2.37. The molecule has 0 aliphatic rings. The predicted molar refractivity (Wildman–Crippen MR) is 82.1 cm³/mol. The number of carbonyl (C=O) groups excluding carboxylic acids is 1. The Balaban J connectivity index is 2.32. The summed E-state index contributed by atoms with van der Waals surface area (Å²) in [7, 11) is 3.12. The number of ether oxygens (including phenoxy) is 2. The molecule has 0 saturated carbocycles. The van der Waals surface area contributed by atoms with Gasteiger partial charge in [-0.1, -0.05) is 40.2 Å². The van der Waals surface area contributed by atoms with Crippen LogP contribution in [0.4, 0.5) is 0 Å². The molecule has 0 aromatic heterocycles. The molecule has 20 heavy (non-hydrogen) atoms. The minimum absolute atomic E-state index is 0.0351. The number of alkyl halides is 1. The lowest BCUT2D eigenvalue weighted by atomic mass is 10.0. The number of methoxy groups -OCH3 is 2. The van der Waals surface area contributed by atoms with E-state index in [0.29, 0.717) is 22.6 Å². The van der Waals surface area contributed by atoms with Crippen molar-refractivity contribution in [1.82, 2.24) is 0 Å². The lowest BCUT2D eigenvalue weighted by Gasteiger charge is -2.09. The number of rotatable bonds is 5. The van der Waals surface area contributed by atoms with E-state index in [0.717, 1.165) is 10.9 Å². The number of hydrogen-bond donors (Lipinski definition) is 0. The third kappa shape index (κ3) is 3.02. The molecule has 3 nitrogen and oxygen atoms in total. The molecular formula is C16H15BrO3. The fourth-order valence-corrected chi connectivity index (χ4v) is 2.26. The van der Waals surface area contributed by atoms with Crippen molar-refractivity contribution >= 4 is 21.7 Å². The highest BCUT2D eigenvalue weighted by atomic mass is 79.9. The highest BCUT2D eigenvalue weighted by Crippen LogP contribution is 2.28. The van der Waals surface area contributed by atoms with Gasteiger partial charge in [0.25, 0.3) is 0 Å². The summed E-state index contributed by atoms with van der Waals surface area (Å²) in [6, 6.07) is 12.7. The topological polar surface area (TPSA) is 35.5 Å². The van der Waals surface area contributed by atoms with Gasteiger partial charge in [0.1, 0.15) is 0 Å². The minimum atomic E-state index is -0.0351. The molecule has 0 heterocycles. The summed E-state index contributed by atoms with van der Waals surface area (Å²) in [6.45, 7) is 0. The Labute approximate surface area is 126 Å². The first-order valence-corrected chi connectivity index (χ1v) is 7.23. The van der Waals surface area contributed by atoms with Gasteiger partial charge in [0, 0.05) is 16.5 Å². The maximum Gasteiger partial charge on any atom is 0.193 e. The van der Waals surface area contributed by atoms with Crippen molar-refractivity contribution in [1.29, 1.82) is 0 Å². The first-order chi connectivity index (χ1) is 9.69. The Hall–Kier alpha value is -1.81. The maximum atomic E-state index is 12.4. The number of carbonyl (C=O) groups is 1. The van der Waals surface area contributed by atoms with Crippen LogP contribution in [-0.4, -0.2) is 20.0 Å². The van der Waals surface area contributed by atoms with Gasteiger partial charge >= 0.3 is 0 Å². The van der Waals surface area contributed by atoms with Gasteiger partial charge in [0.05, 0.1) is 14.2 Å². The van der Waals surface area contributed by atoms with E-state index in [1.807, 2.05) is 24.3 Å². The zero-order valence-corrected chi connectivity index (χ0v) is 12.9. The first kappa shape index (κ1) is 14.6. The third-order valence-electron chi connectivity index (χ3n) is 3.02. The van der Waals surface area contributed by atoms with Crippen molar-refractivity contribution in [3.63, 3.8) is 0 Å². The van der Waals surface area contributed by atoms with Crippen molar-refractivity contribution in [2.24, 2.45) is 0 Å². The van der Waals surface area contributed by atoms with Crippen LogP contribution in [0.1, 0.15) is 21.5 Å². The van der Waals surface area contributed by atoms with E-state index in [1.165, 1.54) is 0 Å². The van der Waals surface area contributed by atoms with Crippen molar-refractivity contribution in [3.05, 3.63) is 59.2 Å². The highest BCUT2D eigenvalue weighted by molar-refractivity contribution is 9.08. The van der Waals surface area contributed by atoms with E-state index >= 15 is 0 Å². The Morgan fingerprint density at radius 1 is 0.950 bits per heavy atom. The molecule has 0 amide bonds. The molecule has 0 aliphatic carbocycles. The normalized spacial score (nSPS) is 10.2. The van der Waals surface area contributed by atoms with Crippen LogP contribution in [-0.2, 0) is 5.33 Å². The van der Waals surface area contributed by atoms with Gasteiger partial charge in [-0.15, -0.1) is 0 Å². The summed E-state index contributed by atoms with van der Waals surface area (Å²) >= 11 is 3.38. The van der Waals surface area contributed by atoms with Gasteiger partial charge in [-0.25, -0.2) is 0 Å². The van der Waals surface area contributed by atoms with Crippen LogP contribution in [0.25, 0.3) is 0 Å². The number of halogens is 1. The largest absolute Gasteiger partial charge is 0.493 e. The molecule has 0 aliphatic heterocycles. The molecule has 0 atom stereocenters. The molecule has 4 heteroatoms. The Kier molecular flexibility index (Phi) is 4.79. The smallest absolute Gasteiger partial charge is 0.193 e. The lowest BCUT2D eigenvalue weighted by molar-refractivity contribution is 0.103. The molecule has 2 aromatic carbocycles. The van der Waals surface area contributed by atoms with Crippen LogP contribution in [0.15, 0.2) is 42.5 Å². The zero-order valence-electron chi connectivity index (χ0n) is 11.4. The SMILES string of the molecule is COc1ccc(C(=O)c2ccc(CBr)cc2)cc1OC. The Morgan fingerprint density at radius 3 is 2.10 bits per heavy atom. The fourth-order valence-electron chi connectivity index (χ4n) is 1.89. The summed E-state index contributed by atoms with van der Waals surface area (Å²) < 4.78 is 10.4. The first-order valence-electron chi connectivity index (χ1n) is 6.11. The second-order valence-electron chi connectivity index (χ2n) is 4.23. The molecule has 0 spiro atoms. The quantitative estimate of drug-likeness (QED) is 0.615. The molecule has 0 N–H and O–H groups in total. The molecule has 0 radical (unpaired) electrons. The van der Waals surface area contributed by atoms with Crippen LogP contribution < -0.4 is 9.47 Å². The number of benzene rings is 2. The van der Waals surface area contributed by atoms with Gasteiger partial charge in [0.15, 0.2) is 17.3 Å². The van der Waals surface area contributed by atoms with E-state index in [9.17, 15) is 4.79 Å². The van der Waals surface area contributed by atoms with E-state index in [4.69, 9.17) is 9.47 Å². The van der Waals surface area contributed by atoms with Crippen molar-refractivity contribution < 1.29 is 14.3 Å². The van der Waals surface area contributed by atoms with Crippen LogP contribution in [0.5, 0.6) is 11.5 Å². The molecular weight excluding hydrogens is 320 g/mol.